The van der Waals surface area contributed by atoms with Gasteiger partial charge in [0.25, 0.3) is 0 Å². The van der Waals surface area contributed by atoms with Gasteiger partial charge in [0.2, 0.25) is 0 Å². The zero-order valence-corrected chi connectivity index (χ0v) is 20.3. The van der Waals surface area contributed by atoms with Crippen LogP contribution in [0.4, 0.5) is 4.39 Å². The molecular weight excluding hydrogens is 445 g/mol. The van der Waals surface area contributed by atoms with Gasteiger partial charge < -0.3 is 14.7 Å². The van der Waals surface area contributed by atoms with Gasteiger partial charge in [-0.1, -0.05) is 6.07 Å². The lowest BCUT2D eigenvalue weighted by Crippen LogP contribution is -2.44. The normalized spacial score (nSPS) is 19.5. The van der Waals surface area contributed by atoms with Crippen LogP contribution in [-0.2, 0) is 11.2 Å². The molecule has 3 atom stereocenters. The molecular formula is C28H34FN3O3. The molecule has 3 heterocycles. The Morgan fingerprint density at radius 2 is 2.14 bits per heavy atom. The van der Waals surface area contributed by atoms with Gasteiger partial charge in [-0.15, -0.1) is 0 Å². The number of ether oxygens (including phenoxy) is 1. The number of benzene rings is 1. The number of aryl methyl sites for hydroxylation is 1. The van der Waals surface area contributed by atoms with Gasteiger partial charge >= 0.3 is 5.97 Å². The monoisotopic (exact) mass is 479 g/mol. The van der Waals surface area contributed by atoms with Crippen LogP contribution >= 0.6 is 0 Å². The Hall–Kier alpha value is -3.06. The summed E-state index contributed by atoms with van der Waals surface area (Å²) in [4.78, 5) is 22.8. The number of aromatic nitrogens is 2. The number of fused-ring (bicyclic) bond motifs is 1. The Kier molecular flexibility index (Phi) is 8.64. The second kappa shape index (κ2) is 12.1. The van der Waals surface area contributed by atoms with Gasteiger partial charge in [-0.2, -0.15) is 0 Å². The average molecular weight is 480 g/mol. The number of methoxy groups -OCH3 is 1. The summed E-state index contributed by atoms with van der Waals surface area (Å²) in [6.45, 7) is 2.31. The fourth-order valence-corrected chi connectivity index (χ4v) is 5.17. The van der Waals surface area contributed by atoms with Crippen LogP contribution in [0.3, 0.4) is 0 Å². The van der Waals surface area contributed by atoms with Gasteiger partial charge in [-0.25, -0.2) is 4.39 Å². The molecule has 1 N–H and O–H groups in total. The molecule has 1 aliphatic heterocycles. The molecule has 0 unspecified atom stereocenters. The van der Waals surface area contributed by atoms with E-state index in [2.05, 4.69) is 20.9 Å². The van der Waals surface area contributed by atoms with E-state index in [4.69, 9.17) is 4.74 Å². The minimum Gasteiger partial charge on any atom is -0.497 e. The number of likely N-dealkylation sites (tertiary alicyclic amines) is 1. The van der Waals surface area contributed by atoms with Crippen LogP contribution < -0.4 is 4.74 Å². The van der Waals surface area contributed by atoms with E-state index in [1.165, 1.54) is 5.56 Å². The van der Waals surface area contributed by atoms with Crippen LogP contribution in [-0.4, -0.2) is 52.7 Å². The summed E-state index contributed by atoms with van der Waals surface area (Å²) in [5.41, 5.74) is 2.55. The van der Waals surface area contributed by atoms with Gasteiger partial charge in [0.15, 0.2) is 0 Å². The SMILES string of the molecule is COc1ccc2nccc([C@@H](F)CC[C@@H]3CCN(CCCCc4cccnc4)C[C@@H]3C(=O)O)c2c1. The van der Waals surface area contributed by atoms with E-state index in [0.29, 0.717) is 30.7 Å². The van der Waals surface area contributed by atoms with Crippen molar-refractivity contribution >= 4 is 16.9 Å². The number of alkyl halides is 1. The van der Waals surface area contributed by atoms with E-state index in [1.54, 1.807) is 25.6 Å². The largest absolute Gasteiger partial charge is 0.497 e. The highest BCUT2D eigenvalue weighted by Crippen LogP contribution is 2.35. The van der Waals surface area contributed by atoms with Gasteiger partial charge in [-0.3, -0.25) is 14.8 Å². The van der Waals surface area contributed by atoms with E-state index in [9.17, 15) is 9.90 Å². The Labute approximate surface area is 206 Å². The summed E-state index contributed by atoms with van der Waals surface area (Å²) in [6, 6.07) is 11.2. The number of carbonyl (C=O) groups is 1. The first kappa shape index (κ1) is 25.0. The van der Waals surface area contributed by atoms with Crippen LogP contribution in [0.1, 0.15) is 49.4 Å². The Morgan fingerprint density at radius 3 is 2.91 bits per heavy atom. The first-order chi connectivity index (χ1) is 17.0. The summed E-state index contributed by atoms with van der Waals surface area (Å²) in [6.07, 6.45) is 8.84. The predicted molar refractivity (Wildman–Crippen MR) is 134 cm³/mol. The maximum atomic E-state index is 15.4. The summed E-state index contributed by atoms with van der Waals surface area (Å²) >= 11 is 0. The van der Waals surface area contributed by atoms with Crippen molar-refractivity contribution in [3.05, 3.63) is 66.1 Å². The van der Waals surface area contributed by atoms with E-state index >= 15 is 4.39 Å². The van der Waals surface area contributed by atoms with Crippen LogP contribution in [0.25, 0.3) is 10.9 Å². The van der Waals surface area contributed by atoms with E-state index < -0.39 is 18.1 Å². The number of piperidine rings is 1. The number of hydrogen-bond acceptors (Lipinski definition) is 5. The minimum absolute atomic E-state index is 0.0139. The van der Waals surface area contributed by atoms with Crippen molar-refractivity contribution in [2.75, 3.05) is 26.7 Å². The average Bonchev–Trinajstić information content (AvgIpc) is 2.89. The first-order valence-electron chi connectivity index (χ1n) is 12.5. The van der Waals surface area contributed by atoms with Crippen molar-refractivity contribution in [3.8, 4) is 5.75 Å². The standard InChI is InChI=1S/C28H34FN3O3/c1-35-22-8-10-27-24(17-22)23(11-14-31-27)26(29)9-7-21-12-16-32(19-25(21)28(33)34)15-3-2-5-20-6-4-13-30-18-20/h4,6,8,10-11,13-14,17-18,21,25-26H,2-3,5,7,9,12,15-16,19H2,1H3,(H,33,34)/t21-,25+,26+/m1/s1. The van der Waals surface area contributed by atoms with Crippen LogP contribution in [0.15, 0.2) is 55.0 Å². The summed E-state index contributed by atoms with van der Waals surface area (Å²) < 4.78 is 20.7. The third kappa shape index (κ3) is 6.54. The quantitative estimate of drug-likeness (QED) is 0.367. The molecule has 35 heavy (non-hydrogen) atoms. The molecule has 0 amide bonds. The molecule has 2 aromatic heterocycles. The van der Waals surface area contributed by atoms with Gasteiger partial charge in [0.05, 0.1) is 18.5 Å². The molecule has 1 aliphatic rings. The van der Waals surface area contributed by atoms with Crippen LogP contribution in [0.2, 0.25) is 0 Å². The molecule has 7 heteroatoms. The zero-order chi connectivity index (χ0) is 24.6. The highest BCUT2D eigenvalue weighted by molar-refractivity contribution is 5.83. The molecule has 1 fully saturated rings. The van der Waals surface area contributed by atoms with Crippen LogP contribution in [0, 0.1) is 11.8 Å². The van der Waals surface area contributed by atoms with Crippen molar-refractivity contribution in [2.45, 2.75) is 44.7 Å². The molecule has 0 spiro atoms. The molecule has 1 aromatic carbocycles. The second-order valence-electron chi connectivity index (χ2n) is 9.44. The fraction of sp³-hybridized carbons (Fsp3) is 0.464. The summed E-state index contributed by atoms with van der Waals surface area (Å²) in [5, 5.41) is 10.6. The topological polar surface area (TPSA) is 75.5 Å². The molecule has 0 radical (unpaired) electrons. The van der Waals surface area contributed by atoms with Gasteiger partial charge in [-0.05, 0) is 99.0 Å². The van der Waals surface area contributed by atoms with E-state index in [1.807, 2.05) is 30.5 Å². The number of nitrogens with zero attached hydrogens (tertiary/aromatic N) is 3. The van der Waals surface area contributed by atoms with E-state index in [-0.39, 0.29) is 5.92 Å². The number of pyridine rings is 2. The number of unbranched alkanes of at least 4 members (excludes halogenated alkanes) is 1. The predicted octanol–water partition coefficient (Wildman–Crippen LogP) is 5.47. The lowest BCUT2D eigenvalue weighted by Gasteiger charge is -2.37. The lowest BCUT2D eigenvalue weighted by atomic mass is 9.81. The number of carboxylic acid groups (broad SMARTS) is 1. The van der Waals surface area contributed by atoms with Crippen molar-refractivity contribution in [3.63, 3.8) is 0 Å². The number of halogens is 1. The molecule has 1 saturated heterocycles. The van der Waals surface area contributed by atoms with Crippen molar-refractivity contribution in [1.29, 1.82) is 0 Å². The first-order valence-corrected chi connectivity index (χ1v) is 12.5. The maximum absolute atomic E-state index is 15.4. The van der Waals surface area contributed by atoms with Crippen molar-refractivity contribution in [1.82, 2.24) is 14.9 Å². The van der Waals surface area contributed by atoms with E-state index in [0.717, 1.165) is 49.7 Å². The molecule has 186 valence electrons. The number of aliphatic carboxylic acids is 1. The minimum atomic E-state index is -1.17. The summed E-state index contributed by atoms with van der Waals surface area (Å²) in [7, 11) is 1.59. The zero-order valence-electron chi connectivity index (χ0n) is 20.3. The van der Waals surface area contributed by atoms with Gasteiger partial charge in [0, 0.05) is 30.5 Å². The number of rotatable bonds is 11. The molecule has 0 bridgehead atoms. The number of carboxylic acids is 1. The second-order valence-corrected chi connectivity index (χ2v) is 9.44. The van der Waals surface area contributed by atoms with Crippen molar-refractivity contribution in [2.24, 2.45) is 11.8 Å². The highest BCUT2D eigenvalue weighted by Gasteiger charge is 2.34. The third-order valence-electron chi connectivity index (χ3n) is 7.18. The highest BCUT2D eigenvalue weighted by atomic mass is 19.1. The Balaban J connectivity index is 1.30. The fourth-order valence-electron chi connectivity index (χ4n) is 5.17. The molecule has 6 nitrogen and oxygen atoms in total. The van der Waals surface area contributed by atoms with Crippen LogP contribution in [0.5, 0.6) is 5.75 Å². The van der Waals surface area contributed by atoms with Crippen molar-refractivity contribution < 1.29 is 19.0 Å². The Morgan fingerprint density at radius 1 is 1.26 bits per heavy atom. The Bertz CT molecular complexity index is 1110. The lowest BCUT2D eigenvalue weighted by molar-refractivity contribution is -0.146. The molecule has 0 aliphatic carbocycles. The number of hydrogen-bond donors (Lipinski definition) is 1. The van der Waals surface area contributed by atoms with Gasteiger partial charge in [0.1, 0.15) is 11.9 Å². The summed E-state index contributed by atoms with van der Waals surface area (Å²) in [5.74, 6) is -0.578. The molecule has 3 aromatic rings. The molecule has 0 saturated carbocycles. The smallest absolute Gasteiger partial charge is 0.308 e. The third-order valence-corrected chi connectivity index (χ3v) is 7.18. The molecule has 4 rings (SSSR count). The maximum Gasteiger partial charge on any atom is 0.308 e.